The van der Waals surface area contributed by atoms with E-state index in [4.69, 9.17) is 18.9 Å². The molecule has 2 rings (SSSR count). The van der Waals surface area contributed by atoms with Gasteiger partial charge in [0, 0.05) is 29.1 Å². The van der Waals surface area contributed by atoms with Crippen LogP contribution in [0.2, 0.25) is 0 Å². The van der Waals surface area contributed by atoms with E-state index in [1.165, 1.54) is 6.08 Å². The SMILES string of the molecule is O=C(/C=C/c1ccccc1)OC1CSCCOCCOCCOCCSC1. The fourth-order valence-electron chi connectivity index (χ4n) is 2.26. The minimum Gasteiger partial charge on any atom is -0.457 e. The molecule has 0 aliphatic carbocycles. The molecule has 0 N–H and O–H groups in total. The van der Waals surface area contributed by atoms with Crippen LogP contribution >= 0.6 is 23.5 Å². The molecule has 0 amide bonds. The van der Waals surface area contributed by atoms with Crippen LogP contribution < -0.4 is 0 Å². The monoisotopic (exact) mass is 412 g/mol. The maximum Gasteiger partial charge on any atom is 0.331 e. The maximum absolute atomic E-state index is 12.2. The second-order valence-corrected chi connectivity index (χ2v) is 8.09. The lowest BCUT2D eigenvalue weighted by Gasteiger charge is -2.17. The van der Waals surface area contributed by atoms with Crippen molar-refractivity contribution in [3.8, 4) is 0 Å². The highest BCUT2D eigenvalue weighted by atomic mass is 32.2. The van der Waals surface area contributed by atoms with Gasteiger partial charge in [0.25, 0.3) is 0 Å². The lowest BCUT2D eigenvalue weighted by Crippen LogP contribution is -2.23. The normalized spacial score (nSPS) is 19.7. The molecule has 0 unspecified atom stereocenters. The van der Waals surface area contributed by atoms with E-state index in [0.717, 1.165) is 28.6 Å². The van der Waals surface area contributed by atoms with Crippen LogP contribution in [0.3, 0.4) is 0 Å². The zero-order chi connectivity index (χ0) is 19.0. The summed E-state index contributed by atoms with van der Waals surface area (Å²) >= 11 is 3.48. The highest BCUT2D eigenvalue weighted by Gasteiger charge is 2.13. The van der Waals surface area contributed by atoms with Crippen molar-refractivity contribution in [1.82, 2.24) is 0 Å². The summed E-state index contributed by atoms with van der Waals surface area (Å²) in [7, 11) is 0. The molecule has 0 bridgehead atoms. The summed E-state index contributed by atoms with van der Waals surface area (Å²) in [6.07, 6.45) is 3.15. The molecule has 1 aromatic carbocycles. The summed E-state index contributed by atoms with van der Waals surface area (Å²) in [6.45, 7) is 3.73. The average Bonchev–Trinajstić information content (AvgIpc) is 2.69. The van der Waals surface area contributed by atoms with E-state index in [2.05, 4.69) is 0 Å². The molecule has 27 heavy (non-hydrogen) atoms. The van der Waals surface area contributed by atoms with Gasteiger partial charge >= 0.3 is 5.97 Å². The van der Waals surface area contributed by atoms with Gasteiger partial charge < -0.3 is 18.9 Å². The highest BCUT2D eigenvalue weighted by Crippen LogP contribution is 2.13. The molecule has 0 radical (unpaired) electrons. The van der Waals surface area contributed by atoms with Gasteiger partial charge in [-0.15, -0.1) is 0 Å². The number of carbonyl (C=O) groups excluding carboxylic acids is 1. The zero-order valence-corrected chi connectivity index (χ0v) is 17.2. The molecule has 1 saturated heterocycles. The molecule has 7 heteroatoms. The van der Waals surface area contributed by atoms with Crippen LogP contribution in [0.1, 0.15) is 5.56 Å². The molecule has 0 spiro atoms. The van der Waals surface area contributed by atoms with Gasteiger partial charge in [0.2, 0.25) is 0 Å². The van der Waals surface area contributed by atoms with Gasteiger partial charge in [0.05, 0.1) is 39.6 Å². The largest absolute Gasteiger partial charge is 0.457 e. The van der Waals surface area contributed by atoms with Crippen LogP contribution in [0, 0.1) is 0 Å². The Bertz CT molecular complexity index is 522. The molecule has 1 fully saturated rings. The third-order valence-corrected chi connectivity index (χ3v) is 5.72. The maximum atomic E-state index is 12.2. The van der Waals surface area contributed by atoms with Gasteiger partial charge in [-0.25, -0.2) is 4.79 Å². The van der Waals surface area contributed by atoms with E-state index in [9.17, 15) is 4.79 Å². The molecule has 0 aromatic heterocycles. The van der Waals surface area contributed by atoms with E-state index >= 15 is 0 Å². The first-order chi connectivity index (χ1) is 13.3. The number of rotatable bonds is 3. The van der Waals surface area contributed by atoms with Gasteiger partial charge in [-0.2, -0.15) is 23.5 Å². The number of carbonyl (C=O) groups is 1. The number of hydrogen-bond donors (Lipinski definition) is 0. The van der Waals surface area contributed by atoms with E-state index in [-0.39, 0.29) is 12.1 Å². The van der Waals surface area contributed by atoms with Crippen molar-refractivity contribution in [3.63, 3.8) is 0 Å². The Morgan fingerprint density at radius 3 is 2.04 bits per heavy atom. The molecule has 150 valence electrons. The third kappa shape index (κ3) is 11.4. The smallest absolute Gasteiger partial charge is 0.331 e. The molecular weight excluding hydrogens is 384 g/mol. The molecule has 1 aliphatic rings. The number of hydrogen-bond acceptors (Lipinski definition) is 7. The quantitative estimate of drug-likeness (QED) is 0.558. The third-order valence-electron chi connectivity index (χ3n) is 3.59. The van der Waals surface area contributed by atoms with Crippen LogP contribution in [0.5, 0.6) is 0 Å². The molecule has 5 nitrogen and oxygen atoms in total. The Morgan fingerprint density at radius 2 is 1.44 bits per heavy atom. The zero-order valence-electron chi connectivity index (χ0n) is 15.5. The lowest BCUT2D eigenvalue weighted by atomic mass is 10.2. The Balaban J connectivity index is 1.77. The average molecular weight is 413 g/mol. The molecular formula is C20H28O5S2. The molecule has 1 heterocycles. The molecule has 1 aliphatic heterocycles. The Morgan fingerprint density at radius 1 is 0.889 bits per heavy atom. The predicted molar refractivity (Wildman–Crippen MR) is 112 cm³/mol. The van der Waals surface area contributed by atoms with Crippen molar-refractivity contribution in [2.75, 3.05) is 62.7 Å². The van der Waals surface area contributed by atoms with Crippen molar-refractivity contribution in [2.45, 2.75) is 6.10 Å². The lowest BCUT2D eigenvalue weighted by molar-refractivity contribution is -0.140. The first-order valence-electron chi connectivity index (χ1n) is 9.17. The predicted octanol–water partition coefficient (Wildman–Crippen LogP) is 3.14. The topological polar surface area (TPSA) is 54.0 Å². The summed E-state index contributed by atoms with van der Waals surface area (Å²) in [5.41, 5.74) is 0.981. The van der Waals surface area contributed by atoms with E-state index in [1.54, 1.807) is 29.6 Å². The summed E-state index contributed by atoms with van der Waals surface area (Å²) in [4.78, 5) is 12.2. The number of esters is 1. The Hall–Kier alpha value is -0.990. The van der Waals surface area contributed by atoms with Gasteiger partial charge in [0.1, 0.15) is 6.10 Å². The van der Waals surface area contributed by atoms with Crippen LogP contribution in [0.4, 0.5) is 0 Å². The number of ether oxygens (including phenoxy) is 4. The number of benzene rings is 1. The first kappa shape index (κ1) is 22.3. The summed E-state index contributed by atoms with van der Waals surface area (Å²) < 4.78 is 22.1. The van der Waals surface area contributed by atoms with Crippen molar-refractivity contribution < 1.29 is 23.7 Å². The van der Waals surface area contributed by atoms with Crippen molar-refractivity contribution in [1.29, 1.82) is 0 Å². The summed E-state index contributed by atoms with van der Waals surface area (Å²) in [6, 6.07) is 9.73. The van der Waals surface area contributed by atoms with Crippen LogP contribution in [-0.4, -0.2) is 74.7 Å². The Labute approximate surface area is 170 Å². The van der Waals surface area contributed by atoms with E-state index in [1.807, 2.05) is 30.3 Å². The minimum absolute atomic E-state index is 0.121. The van der Waals surface area contributed by atoms with Gasteiger partial charge in [-0.3, -0.25) is 0 Å². The van der Waals surface area contributed by atoms with Crippen molar-refractivity contribution in [3.05, 3.63) is 42.0 Å². The number of thioether (sulfide) groups is 2. The van der Waals surface area contributed by atoms with Gasteiger partial charge in [-0.1, -0.05) is 30.3 Å². The molecule has 0 saturated carbocycles. The summed E-state index contributed by atoms with van der Waals surface area (Å²) in [5.74, 6) is 2.98. The summed E-state index contributed by atoms with van der Waals surface area (Å²) in [5, 5.41) is 0. The Kier molecular flexibility index (Phi) is 12.4. The van der Waals surface area contributed by atoms with Gasteiger partial charge in [0.15, 0.2) is 0 Å². The second-order valence-electron chi connectivity index (χ2n) is 5.79. The second kappa shape index (κ2) is 15.0. The molecule has 0 atom stereocenters. The minimum atomic E-state index is -0.302. The van der Waals surface area contributed by atoms with Crippen LogP contribution in [-0.2, 0) is 23.7 Å². The van der Waals surface area contributed by atoms with E-state index in [0.29, 0.717) is 39.6 Å². The van der Waals surface area contributed by atoms with E-state index < -0.39 is 0 Å². The molecule has 1 aromatic rings. The van der Waals surface area contributed by atoms with Crippen LogP contribution in [0.15, 0.2) is 36.4 Å². The fourth-order valence-corrected chi connectivity index (χ4v) is 4.11. The van der Waals surface area contributed by atoms with Gasteiger partial charge in [-0.05, 0) is 11.6 Å². The highest BCUT2D eigenvalue weighted by molar-refractivity contribution is 8.00. The first-order valence-corrected chi connectivity index (χ1v) is 11.5. The van der Waals surface area contributed by atoms with Crippen molar-refractivity contribution >= 4 is 35.6 Å². The van der Waals surface area contributed by atoms with Crippen molar-refractivity contribution in [2.24, 2.45) is 0 Å². The fraction of sp³-hybridized carbons (Fsp3) is 0.550. The standard InChI is InChI=1S/C20H28O5S2/c21-20(7-6-18-4-2-1-3-5-18)25-19-16-26-14-12-23-10-8-22-9-11-24-13-15-27-17-19/h1-7,19H,8-17H2/b7-6+. The van der Waals surface area contributed by atoms with Crippen LogP contribution in [0.25, 0.3) is 6.08 Å².